The maximum absolute atomic E-state index is 13.0. The molecule has 0 aromatic carbocycles. The van der Waals surface area contributed by atoms with Crippen LogP contribution in [0.15, 0.2) is 12.3 Å². The predicted molar refractivity (Wildman–Crippen MR) is 40.3 cm³/mol. The average Bonchev–Trinajstić information content (AvgIpc) is 2.44. The van der Waals surface area contributed by atoms with Gasteiger partial charge in [0.2, 0.25) is 0 Å². The monoisotopic (exact) mass is 282 g/mol. The van der Waals surface area contributed by atoms with E-state index >= 15 is 0 Å². The summed E-state index contributed by atoms with van der Waals surface area (Å²) in [4.78, 5) is 0. The van der Waals surface area contributed by atoms with Crippen molar-refractivity contribution in [2.75, 3.05) is 0 Å². The molecule has 0 spiro atoms. The molecule has 0 fully saturated rings. The molecule has 1 aromatic heterocycles. The second kappa shape index (κ2) is 4.39. The minimum Gasteiger partial charge on any atom is -0.275 e. The molecule has 104 valence electrons. The first kappa shape index (κ1) is 14.7. The van der Waals surface area contributed by atoms with Gasteiger partial charge in [0, 0.05) is 13.2 Å². The van der Waals surface area contributed by atoms with Gasteiger partial charge < -0.3 is 0 Å². The lowest BCUT2D eigenvalue weighted by Crippen LogP contribution is -2.38. The van der Waals surface area contributed by atoms with Crippen molar-refractivity contribution < 1.29 is 40.2 Å². The number of ether oxygens (including phenoxy) is 2. The lowest BCUT2D eigenvalue weighted by atomic mass is 10.4. The molecule has 0 radical (unpaired) electrons. The first-order valence-electron chi connectivity index (χ1n) is 4.14. The van der Waals surface area contributed by atoms with Gasteiger partial charge >= 0.3 is 18.8 Å². The third kappa shape index (κ3) is 4.14. The van der Waals surface area contributed by atoms with Crippen molar-refractivity contribution in [3.63, 3.8) is 0 Å². The zero-order valence-electron chi connectivity index (χ0n) is 8.51. The number of rotatable bonds is 4. The van der Waals surface area contributed by atoms with Gasteiger partial charge in [-0.25, -0.2) is 4.74 Å². The van der Waals surface area contributed by atoms with E-state index in [0.717, 1.165) is 10.9 Å². The standard InChI is InChI=1S/C7H5F7N2O2/c1-16-3-2-4(15-16)5(8,9)17-7(13,14)18-6(10,11)12/h2-3H,1H3. The van der Waals surface area contributed by atoms with Crippen molar-refractivity contribution in [2.24, 2.45) is 7.05 Å². The number of hydrogen-bond acceptors (Lipinski definition) is 3. The minimum atomic E-state index is -5.83. The van der Waals surface area contributed by atoms with Crippen LogP contribution in [0.1, 0.15) is 5.69 Å². The van der Waals surface area contributed by atoms with Crippen molar-refractivity contribution in [3.8, 4) is 0 Å². The van der Waals surface area contributed by atoms with Gasteiger partial charge in [-0.15, -0.1) is 22.0 Å². The van der Waals surface area contributed by atoms with E-state index in [1.807, 2.05) is 0 Å². The van der Waals surface area contributed by atoms with Crippen LogP contribution in [0, 0.1) is 0 Å². The Morgan fingerprint density at radius 3 is 2.00 bits per heavy atom. The topological polar surface area (TPSA) is 36.3 Å². The Hall–Kier alpha value is -1.36. The number of halogens is 7. The summed E-state index contributed by atoms with van der Waals surface area (Å²) in [7, 11) is 1.20. The number of aryl methyl sites for hydroxylation is 1. The number of hydrogen-bond donors (Lipinski definition) is 0. The molecule has 18 heavy (non-hydrogen) atoms. The number of aromatic nitrogens is 2. The molecular formula is C7H5F7N2O2. The van der Waals surface area contributed by atoms with Crippen molar-refractivity contribution in [3.05, 3.63) is 18.0 Å². The second-order valence-corrected chi connectivity index (χ2v) is 3.00. The molecule has 0 amide bonds. The molecule has 0 unspecified atom stereocenters. The Balaban J connectivity index is 2.82. The number of alkyl halides is 7. The van der Waals surface area contributed by atoms with E-state index in [0.29, 0.717) is 6.07 Å². The van der Waals surface area contributed by atoms with Crippen LogP contribution in [0.25, 0.3) is 0 Å². The molecule has 0 bridgehead atoms. The van der Waals surface area contributed by atoms with Gasteiger partial charge in [0.25, 0.3) is 0 Å². The first-order chi connectivity index (χ1) is 7.91. The van der Waals surface area contributed by atoms with Crippen LogP contribution in [-0.4, -0.2) is 22.4 Å². The van der Waals surface area contributed by atoms with Crippen molar-refractivity contribution in [2.45, 2.75) is 18.8 Å². The van der Waals surface area contributed by atoms with Crippen LogP contribution in [0.5, 0.6) is 0 Å². The van der Waals surface area contributed by atoms with Gasteiger partial charge in [-0.1, -0.05) is 0 Å². The fourth-order valence-electron chi connectivity index (χ4n) is 0.927. The summed E-state index contributed by atoms with van der Waals surface area (Å²) in [5, 5.41) is 3.03. The molecule has 11 heteroatoms. The third-order valence-corrected chi connectivity index (χ3v) is 1.49. The first-order valence-corrected chi connectivity index (χ1v) is 4.14. The third-order valence-electron chi connectivity index (χ3n) is 1.49. The molecule has 4 nitrogen and oxygen atoms in total. The lowest BCUT2D eigenvalue weighted by molar-refractivity contribution is -0.537. The highest BCUT2D eigenvalue weighted by molar-refractivity contribution is 5.03. The SMILES string of the molecule is Cn1ccc(C(F)(F)OC(F)(F)OC(F)(F)F)n1. The smallest absolute Gasteiger partial charge is 0.275 e. The molecule has 0 aliphatic heterocycles. The zero-order chi connectivity index (χ0) is 14.2. The molecular weight excluding hydrogens is 277 g/mol. The van der Waals surface area contributed by atoms with Crippen LogP contribution in [-0.2, 0) is 22.6 Å². The molecule has 0 saturated carbocycles. The van der Waals surface area contributed by atoms with E-state index in [1.165, 1.54) is 7.05 Å². The summed E-state index contributed by atoms with van der Waals surface area (Å²) in [5.74, 6) is 0. The van der Waals surface area contributed by atoms with Crippen LogP contribution in [0.2, 0.25) is 0 Å². The highest BCUT2D eigenvalue weighted by Gasteiger charge is 2.54. The maximum atomic E-state index is 13.0. The van der Waals surface area contributed by atoms with Crippen LogP contribution in [0.3, 0.4) is 0 Å². The predicted octanol–water partition coefficient (Wildman–Crippen LogP) is 2.57. The second-order valence-electron chi connectivity index (χ2n) is 3.00. The van der Waals surface area contributed by atoms with Gasteiger partial charge in [-0.05, 0) is 6.07 Å². The van der Waals surface area contributed by atoms with Crippen molar-refractivity contribution in [1.29, 1.82) is 0 Å². The Bertz CT molecular complexity index is 414. The van der Waals surface area contributed by atoms with E-state index in [9.17, 15) is 30.7 Å². The van der Waals surface area contributed by atoms with Gasteiger partial charge in [0.1, 0.15) is 0 Å². The van der Waals surface area contributed by atoms with Gasteiger partial charge in [0.05, 0.1) is 0 Å². The van der Waals surface area contributed by atoms with Gasteiger partial charge in [-0.2, -0.15) is 18.6 Å². The quantitative estimate of drug-likeness (QED) is 0.629. The van der Waals surface area contributed by atoms with Crippen LogP contribution < -0.4 is 0 Å². The normalized spacial score (nSPS) is 14.0. The molecule has 0 N–H and O–H groups in total. The van der Waals surface area contributed by atoms with Crippen LogP contribution >= 0.6 is 0 Å². The fourth-order valence-corrected chi connectivity index (χ4v) is 0.927. The van der Waals surface area contributed by atoms with Gasteiger partial charge in [-0.3, -0.25) is 4.68 Å². The molecule has 1 aromatic rings. The van der Waals surface area contributed by atoms with Gasteiger partial charge in [0.15, 0.2) is 5.69 Å². The molecule has 0 aliphatic carbocycles. The molecule has 1 rings (SSSR count). The van der Waals surface area contributed by atoms with Crippen molar-refractivity contribution in [1.82, 2.24) is 9.78 Å². The van der Waals surface area contributed by atoms with E-state index in [4.69, 9.17) is 0 Å². The Morgan fingerprint density at radius 1 is 1.06 bits per heavy atom. The Morgan fingerprint density at radius 2 is 1.61 bits per heavy atom. The Labute approximate surface area is 94.9 Å². The molecule has 0 atom stereocenters. The lowest BCUT2D eigenvalue weighted by Gasteiger charge is -2.22. The zero-order valence-corrected chi connectivity index (χ0v) is 8.51. The van der Waals surface area contributed by atoms with Crippen LogP contribution in [0.4, 0.5) is 30.7 Å². The Kier molecular flexibility index (Phi) is 3.58. The van der Waals surface area contributed by atoms with Crippen molar-refractivity contribution >= 4 is 0 Å². The summed E-state index contributed by atoms with van der Waals surface area (Å²) >= 11 is 0. The van der Waals surface area contributed by atoms with E-state index < -0.39 is 24.5 Å². The summed E-state index contributed by atoms with van der Waals surface area (Å²) in [5.41, 5.74) is -1.28. The highest BCUT2D eigenvalue weighted by atomic mass is 19.4. The summed E-state index contributed by atoms with van der Waals surface area (Å²) in [6.45, 7) is 0. The fraction of sp³-hybridized carbons (Fsp3) is 0.571. The number of nitrogens with zero attached hydrogens (tertiary/aromatic N) is 2. The summed E-state index contributed by atoms with van der Waals surface area (Å²) < 4.78 is 91.0. The highest BCUT2D eigenvalue weighted by Crippen LogP contribution is 2.38. The molecule has 1 heterocycles. The summed E-state index contributed by atoms with van der Waals surface area (Å²) in [6.07, 6.45) is -15.1. The maximum Gasteiger partial charge on any atom is 0.529 e. The van der Waals surface area contributed by atoms with E-state index in [1.54, 1.807) is 0 Å². The van der Waals surface area contributed by atoms with E-state index in [2.05, 4.69) is 14.6 Å². The average molecular weight is 282 g/mol. The summed E-state index contributed by atoms with van der Waals surface area (Å²) in [6, 6.07) is 0.601. The molecule has 0 saturated heterocycles. The largest absolute Gasteiger partial charge is 0.529 e. The van der Waals surface area contributed by atoms with E-state index in [-0.39, 0.29) is 0 Å². The molecule has 0 aliphatic rings. The minimum absolute atomic E-state index is 0.601.